The highest BCUT2D eigenvalue weighted by molar-refractivity contribution is 9.10. The Morgan fingerprint density at radius 1 is 1.15 bits per heavy atom. The molecule has 5 nitrogen and oxygen atoms in total. The average molecular weight is 426 g/mol. The van der Waals surface area contributed by atoms with Crippen LogP contribution < -0.4 is 5.32 Å². The van der Waals surface area contributed by atoms with Gasteiger partial charge in [0.05, 0.1) is 0 Å². The highest BCUT2D eigenvalue weighted by Gasteiger charge is 2.18. The van der Waals surface area contributed by atoms with Crippen molar-refractivity contribution >= 4 is 39.7 Å². The van der Waals surface area contributed by atoms with Crippen LogP contribution in [0.2, 0.25) is 0 Å². The van der Waals surface area contributed by atoms with E-state index in [0.717, 1.165) is 17.2 Å². The normalized spacial score (nSPS) is 12.2. The first-order valence-corrected chi connectivity index (χ1v) is 9.48. The molecule has 0 saturated heterocycles. The summed E-state index contributed by atoms with van der Waals surface area (Å²) >= 11 is 3.30. The predicted octanol–water partition coefficient (Wildman–Crippen LogP) is 4.23. The zero-order valence-electron chi connectivity index (χ0n) is 16.1. The van der Waals surface area contributed by atoms with E-state index in [1.807, 2.05) is 20.8 Å². The van der Waals surface area contributed by atoms with Crippen LogP contribution in [0.15, 0.2) is 22.7 Å². The van der Waals surface area contributed by atoms with E-state index in [4.69, 9.17) is 0 Å². The summed E-state index contributed by atoms with van der Waals surface area (Å²) in [6, 6.07) is 5.22. The molecule has 1 rings (SSSR count). The number of amides is 1. The number of carbonyl (C=O) groups is 4. The fourth-order valence-corrected chi connectivity index (χ4v) is 2.53. The highest BCUT2D eigenvalue weighted by Crippen LogP contribution is 2.21. The van der Waals surface area contributed by atoms with Gasteiger partial charge in [0.15, 0.2) is 11.6 Å². The van der Waals surface area contributed by atoms with Gasteiger partial charge in [-0.3, -0.25) is 14.4 Å². The Hall–Kier alpha value is -1.82. The summed E-state index contributed by atoms with van der Waals surface area (Å²) in [6.45, 7) is 7.14. The molecule has 0 aliphatic carbocycles. The Kier molecular flexibility index (Phi) is 11.6. The Morgan fingerprint density at radius 3 is 2.23 bits per heavy atom. The fourth-order valence-electron chi connectivity index (χ4n) is 2.17. The first kappa shape index (κ1) is 24.2. The molecule has 0 aliphatic rings. The third-order valence-corrected chi connectivity index (χ3v) is 4.59. The van der Waals surface area contributed by atoms with E-state index in [1.165, 1.54) is 6.92 Å². The maximum Gasteiger partial charge on any atom is 0.222 e. The SMILES string of the molecule is CCC(C)C(=O)c1ccc(Br)cc1C(C)=O.CNC(=O)C(C)CCC=O. The number of rotatable bonds is 8. The molecule has 26 heavy (non-hydrogen) atoms. The van der Waals surface area contributed by atoms with Gasteiger partial charge in [-0.2, -0.15) is 0 Å². The van der Waals surface area contributed by atoms with E-state index in [1.54, 1.807) is 25.2 Å². The predicted molar refractivity (Wildman–Crippen MR) is 106 cm³/mol. The minimum Gasteiger partial charge on any atom is -0.359 e. The number of nitrogens with one attached hydrogen (secondary N) is 1. The van der Waals surface area contributed by atoms with Crippen molar-refractivity contribution in [3.05, 3.63) is 33.8 Å². The van der Waals surface area contributed by atoms with Gasteiger partial charge in [0.1, 0.15) is 6.29 Å². The molecular formula is C20H28BrNO4. The zero-order chi connectivity index (χ0) is 20.3. The zero-order valence-corrected chi connectivity index (χ0v) is 17.7. The average Bonchev–Trinajstić information content (AvgIpc) is 2.64. The van der Waals surface area contributed by atoms with E-state index in [9.17, 15) is 19.2 Å². The Labute approximate surface area is 164 Å². The Balaban J connectivity index is 0.000000541. The molecule has 1 aromatic rings. The molecule has 0 radical (unpaired) electrons. The number of ketones is 2. The molecule has 0 aliphatic heterocycles. The van der Waals surface area contributed by atoms with Crippen LogP contribution in [0, 0.1) is 11.8 Å². The molecule has 1 N–H and O–H groups in total. The maximum atomic E-state index is 12.0. The van der Waals surface area contributed by atoms with Crippen molar-refractivity contribution in [2.45, 2.75) is 47.0 Å². The standard InChI is InChI=1S/C13H15BrO2.C7H13NO2/c1-4-8(2)13(16)11-6-5-10(14)7-12(11)9(3)15;1-6(4-3-5-9)7(10)8-2/h5-8H,4H2,1-3H3;5-6H,3-4H2,1-2H3,(H,8,10). The summed E-state index contributed by atoms with van der Waals surface area (Å²) in [6.07, 6.45) is 2.73. The lowest BCUT2D eigenvalue weighted by atomic mass is 9.92. The number of Topliss-reactive ketones (excluding diaryl/α,β-unsaturated/α-hetero) is 2. The van der Waals surface area contributed by atoms with Gasteiger partial charge in [-0.25, -0.2) is 0 Å². The number of halogens is 1. The molecule has 0 heterocycles. The van der Waals surface area contributed by atoms with Gasteiger partial charge in [0.25, 0.3) is 0 Å². The molecule has 6 heteroatoms. The first-order chi connectivity index (χ1) is 12.2. The van der Waals surface area contributed by atoms with Crippen LogP contribution in [-0.2, 0) is 9.59 Å². The van der Waals surface area contributed by atoms with Crippen molar-refractivity contribution in [1.29, 1.82) is 0 Å². The van der Waals surface area contributed by atoms with Gasteiger partial charge in [0, 0.05) is 40.9 Å². The summed E-state index contributed by atoms with van der Waals surface area (Å²) in [7, 11) is 1.60. The minimum absolute atomic E-state index is 0.00171. The van der Waals surface area contributed by atoms with Gasteiger partial charge in [-0.15, -0.1) is 0 Å². The lowest BCUT2D eigenvalue weighted by Crippen LogP contribution is -2.25. The minimum atomic E-state index is -0.0760. The van der Waals surface area contributed by atoms with Crippen molar-refractivity contribution < 1.29 is 19.2 Å². The van der Waals surface area contributed by atoms with E-state index in [-0.39, 0.29) is 29.3 Å². The van der Waals surface area contributed by atoms with Gasteiger partial charge < -0.3 is 10.1 Å². The van der Waals surface area contributed by atoms with Crippen LogP contribution in [0.25, 0.3) is 0 Å². The Bertz CT molecular complexity index is 643. The summed E-state index contributed by atoms with van der Waals surface area (Å²) in [5.74, 6) is -0.121. The summed E-state index contributed by atoms with van der Waals surface area (Å²) < 4.78 is 0.818. The fraction of sp³-hybridized carbons (Fsp3) is 0.500. The molecule has 2 atom stereocenters. The quantitative estimate of drug-likeness (QED) is 0.499. The first-order valence-electron chi connectivity index (χ1n) is 8.69. The van der Waals surface area contributed by atoms with Gasteiger partial charge in [-0.05, 0) is 38.0 Å². The molecule has 1 aromatic carbocycles. The molecule has 0 aromatic heterocycles. The highest BCUT2D eigenvalue weighted by atomic mass is 79.9. The van der Waals surface area contributed by atoms with E-state index in [2.05, 4.69) is 21.2 Å². The lowest BCUT2D eigenvalue weighted by Gasteiger charge is -2.11. The molecule has 0 bridgehead atoms. The third kappa shape index (κ3) is 8.04. The maximum absolute atomic E-state index is 12.0. The van der Waals surface area contributed by atoms with E-state index >= 15 is 0 Å². The largest absolute Gasteiger partial charge is 0.359 e. The third-order valence-electron chi connectivity index (χ3n) is 4.10. The second-order valence-electron chi connectivity index (χ2n) is 6.18. The molecule has 1 amide bonds. The van der Waals surface area contributed by atoms with Gasteiger partial charge in [0.2, 0.25) is 5.91 Å². The van der Waals surface area contributed by atoms with Gasteiger partial charge >= 0.3 is 0 Å². The topological polar surface area (TPSA) is 80.3 Å². The number of carbonyl (C=O) groups excluding carboxylic acids is 4. The van der Waals surface area contributed by atoms with E-state index < -0.39 is 0 Å². The Morgan fingerprint density at radius 2 is 1.77 bits per heavy atom. The van der Waals surface area contributed by atoms with Crippen LogP contribution in [-0.4, -0.2) is 30.8 Å². The molecule has 0 spiro atoms. The van der Waals surface area contributed by atoms with Crippen LogP contribution in [0.5, 0.6) is 0 Å². The number of hydrogen-bond acceptors (Lipinski definition) is 4. The van der Waals surface area contributed by atoms with Crippen LogP contribution in [0.3, 0.4) is 0 Å². The van der Waals surface area contributed by atoms with Crippen molar-refractivity contribution in [2.24, 2.45) is 11.8 Å². The molecule has 0 fully saturated rings. The van der Waals surface area contributed by atoms with Gasteiger partial charge in [-0.1, -0.05) is 36.7 Å². The molecule has 2 unspecified atom stereocenters. The van der Waals surface area contributed by atoms with Crippen LogP contribution >= 0.6 is 15.9 Å². The molecular weight excluding hydrogens is 398 g/mol. The number of hydrogen-bond donors (Lipinski definition) is 1. The molecule has 144 valence electrons. The van der Waals surface area contributed by atoms with Crippen molar-refractivity contribution in [3.8, 4) is 0 Å². The second kappa shape index (κ2) is 12.5. The summed E-state index contributed by atoms with van der Waals surface area (Å²) in [5, 5.41) is 2.52. The smallest absolute Gasteiger partial charge is 0.222 e. The van der Waals surface area contributed by atoms with Crippen LogP contribution in [0.4, 0.5) is 0 Å². The van der Waals surface area contributed by atoms with E-state index in [0.29, 0.717) is 24.0 Å². The van der Waals surface area contributed by atoms with Crippen molar-refractivity contribution in [3.63, 3.8) is 0 Å². The second-order valence-corrected chi connectivity index (χ2v) is 7.09. The van der Waals surface area contributed by atoms with Crippen LogP contribution in [0.1, 0.15) is 67.7 Å². The molecule has 0 saturated carbocycles. The summed E-state index contributed by atoms with van der Waals surface area (Å²) in [5.41, 5.74) is 1.03. The van der Waals surface area contributed by atoms with Crippen molar-refractivity contribution in [2.75, 3.05) is 7.05 Å². The monoisotopic (exact) mass is 425 g/mol. The van der Waals surface area contributed by atoms with Crippen molar-refractivity contribution in [1.82, 2.24) is 5.32 Å². The number of aldehydes is 1. The number of benzene rings is 1. The summed E-state index contributed by atoms with van der Waals surface area (Å²) in [4.78, 5) is 44.2. The lowest BCUT2D eigenvalue weighted by molar-refractivity contribution is -0.124.